The minimum atomic E-state index is -4.90. The zero-order valence-electron chi connectivity index (χ0n) is 16.3. The van der Waals surface area contributed by atoms with Gasteiger partial charge in [-0.25, -0.2) is 8.42 Å². The molecule has 1 aromatic rings. The molecule has 28 heavy (non-hydrogen) atoms. The predicted octanol–water partition coefficient (Wildman–Crippen LogP) is 4.13. The largest absolute Gasteiger partial charge is 0.454 e. The summed E-state index contributed by atoms with van der Waals surface area (Å²) >= 11 is 1.17. The Bertz CT molecular complexity index is 783. The summed E-state index contributed by atoms with van der Waals surface area (Å²) < 4.78 is 64.0. The van der Waals surface area contributed by atoms with Crippen molar-refractivity contribution in [1.82, 2.24) is 4.31 Å². The highest BCUT2D eigenvalue weighted by atomic mass is 32.3. The van der Waals surface area contributed by atoms with Gasteiger partial charge in [-0.05, 0) is 37.4 Å². The number of nitrogens with zero attached hydrogens (tertiary/aromatic N) is 2. The quantitative estimate of drug-likeness (QED) is 0.647. The average Bonchev–Trinajstić information content (AvgIpc) is 2.69. The number of alkyl halides is 3. The number of piperazine rings is 1. The summed E-state index contributed by atoms with van der Waals surface area (Å²) in [6, 6.07) is 5.17. The minimum absolute atomic E-state index is 0.281. The van der Waals surface area contributed by atoms with Gasteiger partial charge >= 0.3 is 6.18 Å². The van der Waals surface area contributed by atoms with Crippen molar-refractivity contribution >= 4 is 33.3 Å². The van der Waals surface area contributed by atoms with Crippen LogP contribution >= 0.6 is 11.8 Å². The number of sulfonamides is 1. The fourth-order valence-electron chi connectivity index (χ4n) is 2.67. The normalized spacial score (nSPS) is 16.4. The van der Waals surface area contributed by atoms with Gasteiger partial charge in [-0.15, -0.1) is 11.8 Å². The summed E-state index contributed by atoms with van der Waals surface area (Å²) in [4.78, 5) is 13.1. The molecule has 10 heteroatoms. The fraction of sp³-hybridized carbons (Fsp3) is 0.500. The lowest BCUT2D eigenvalue weighted by atomic mass is 10.1. The highest BCUT2D eigenvalue weighted by molar-refractivity contribution is 8.17. The summed E-state index contributed by atoms with van der Waals surface area (Å²) in [7, 11) is -3.50. The van der Waals surface area contributed by atoms with Gasteiger partial charge in [0.25, 0.3) is 5.78 Å². The number of anilines is 1. The van der Waals surface area contributed by atoms with Gasteiger partial charge in [0.1, 0.15) is 4.24 Å². The van der Waals surface area contributed by atoms with E-state index in [1.807, 2.05) is 18.7 Å². The Morgan fingerprint density at radius 1 is 1.07 bits per heavy atom. The van der Waals surface area contributed by atoms with E-state index >= 15 is 0 Å². The number of Topliss-reactive ketones (excluding diaryl/α,β-unsaturated/α-hetero) is 1. The Morgan fingerprint density at radius 2 is 1.57 bits per heavy atom. The van der Waals surface area contributed by atoms with E-state index in [1.165, 1.54) is 28.2 Å². The van der Waals surface area contributed by atoms with Crippen LogP contribution < -0.4 is 4.90 Å². The molecule has 0 bridgehead atoms. The molecule has 1 aliphatic heterocycles. The first-order valence-corrected chi connectivity index (χ1v) is 11.4. The Balaban J connectivity index is 0.00000190. The van der Waals surface area contributed by atoms with Crippen LogP contribution in [0.2, 0.25) is 0 Å². The van der Waals surface area contributed by atoms with E-state index in [1.54, 1.807) is 19.3 Å². The van der Waals surface area contributed by atoms with E-state index in [0.29, 0.717) is 23.0 Å². The zero-order chi connectivity index (χ0) is 21.5. The van der Waals surface area contributed by atoms with Crippen LogP contribution in [0, 0.1) is 0 Å². The van der Waals surface area contributed by atoms with Crippen molar-refractivity contribution < 1.29 is 26.4 Å². The Labute approximate surface area is 168 Å². The Hall–Kier alpha value is -1.52. The molecule has 1 heterocycles. The van der Waals surface area contributed by atoms with Crippen LogP contribution in [0.25, 0.3) is 0 Å². The van der Waals surface area contributed by atoms with Crippen LogP contribution in [0.5, 0.6) is 0 Å². The number of halogens is 3. The lowest BCUT2D eigenvalue weighted by Gasteiger charge is -2.35. The highest BCUT2D eigenvalue weighted by Gasteiger charge is 2.39. The van der Waals surface area contributed by atoms with E-state index in [9.17, 15) is 26.4 Å². The summed E-state index contributed by atoms with van der Waals surface area (Å²) in [5.74, 6) is -1.88. The number of carbonyl (C=O) groups excluding carboxylic acids is 1. The third-order valence-corrected chi connectivity index (χ3v) is 7.58. The molecule has 2 rings (SSSR count). The molecule has 0 radical (unpaired) electrons. The van der Waals surface area contributed by atoms with Gasteiger partial charge in [-0.1, -0.05) is 19.9 Å². The maximum atomic E-state index is 12.5. The van der Waals surface area contributed by atoms with Crippen LogP contribution in [0.3, 0.4) is 0 Å². The molecule has 0 unspecified atom stereocenters. The first-order chi connectivity index (χ1) is 13.1. The van der Waals surface area contributed by atoms with Crippen LogP contribution in [0.15, 0.2) is 34.6 Å². The molecular weight excluding hydrogens is 413 g/mol. The molecule has 1 aliphatic rings. The second-order valence-electron chi connectivity index (χ2n) is 5.58. The molecule has 0 amide bonds. The second kappa shape index (κ2) is 10.3. The zero-order valence-corrected chi connectivity index (χ0v) is 17.9. The predicted molar refractivity (Wildman–Crippen MR) is 108 cm³/mol. The molecule has 0 saturated carbocycles. The van der Waals surface area contributed by atoms with Gasteiger partial charge < -0.3 is 4.90 Å². The van der Waals surface area contributed by atoms with E-state index < -0.39 is 27.5 Å². The average molecular weight is 439 g/mol. The number of ketones is 1. The van der Waals surface area contributed by atoms with Crippen molar-refractivity contribution in [2.24, 2.45) is 0 Å². The summed E-state index contributed by atoms with van der Waals surface area (Å²) in [6.07, 6.45) is -1.64. The molecular formula is C18H25F3N2O3S2. The van der Waals surface area contributed by atoms with E-state index in [0.717, 1.165) is 12.1 Å². The van der Waals surface area contributed by atoms with E-state index in [-0.39, 0.29) is 13.1 Å². The highest BCUT2D eigenvalue weighted by Crippen LogP contribution is 2.26. The molecule has 1 saturated heterocycles. The summed E-state index contributed by atoms with van der Waals surface area (Å²) in [5, 5.41) is 0. The number of rotatable bonds is 5. The van der Waals surface area contributed by atoms with Gasteiger partial charge in [0.2, 0.25) is 10.0 Å². The molecule has 0 aromatic heterocycles. The van der Waals surface area contributed by atoms with Crippen molar-refractivity contribution in [2.45, 2.75) is 26.9 Å². The van der Waals surface area contributed by atoms with Crippen molar-refractivity contribution in [3.05, 3.63) is 40.1 Å². The first-order valence-electron chi connectivity index (χ1n) is 8.78. The van der Waals surface area contributed by atoms with Gasteiger partial charge in [-0.2, -0.15) is 17.5 Å². The first kappa shape index (κ1) is 24.5. The van der Waals surface area contributed by atoms with E-state index in [4.69, 9.17) is 0 Å². The fourth-order valence-corrected chi connectivity index (χ4v) is 5.26. The molecule has 1 fully saturated rings. The number of thioether (sulfide) groups is 1. The SMILES string of the molecule is C/C=C(\SC)S(=O)(=O)N1CCN(c2ccc(C(=O)C(F)(F)F)cc2)CC1.CC. The number of hydrogen-bond donors (Lipinski definition) is 0. The number of hydrogen-bond acceptors (Lipinski definition) is 5. The molecule has 0 aliphatic carbocycles. The Morgan fingerprint density at radius 3 is 1.96 bits per heavy atom. The minimum Gasteiger partial charge on any atom is -0.369 e. The van der Waals surface area contributed by atoms with Crippen LogP contribution in [0.1, 0.15) is 31.1 Å². The monoisotopic (exact) mass is 438 g/mol. The summed E-state index contributed by atoms with van der Waals surface area (Å²) in [6.45, 7) is 7.06. The second-order valence-corrected chi connectivity index (χ2v) is 8.59. The standard InChI is InChI=1S/C16H19F3N2O3S2.C2H6/c1-3-14(25-2)26(23,24)21-10-8-20(9-11-21)13-6-4-12(5-7-13)15(22)16(17,18)19;1-2/h3-7H,8-11H2,1-2H3;1-2H3/b14-3+;. The van der Waals surface area contributed by atoms with Crippen molar-refractivity contribution in [3.63, 3.8) is 0 Å². The lowest BCUT2D eigenvalue weighted by molar-refractivity contribution is -0.0885. The molecule has 0 atom stereocenters. The van der Waals surface area contributed by atoms with Gasteiger partial charge in [0.05, 0.1) is 0 Å². The maximum Gasteiger partial charge on any atom is 0.454 e. The molecule has 5 nitrogen and oxygen atoms in total. The van der Waals surface area contributed by atoms with Gasteiger partial charge in [0, 0.05) is 37.4 Å². The van der Waals surface area contributed by atoms with Crippen molar-refractivity contribution in [1.29, 1.82) is 0 Å². The van der Waals surface area contributed by atoms with Crippen LogP contribution in [-0.4, -0.2) is 57.1 Å². The van der Waals surface area contributed by atoms with Gasteiger partial charge in [-0.3, -0.25) is 4.79 Å². The third-order valence-electron chi connectivity index (χ3n) is 4.02. The van der Waals surface area contributed by atoms with Crippen LogP contribution in [-0.2, 0) is 10.0 Å². The summed E-state index contributed by atoms with van der Waals surface area (Å²) in [5.41, 5.74) is 0.233. The number of allylic oxidation sites excluding steroid dienone is 1. The Kier molecular flexibility index (Phi) is 9.03. The lowest BCUT2D eigenvalue weighted by Crippen LogP contribution is -2.48. The third kappa shape index (κ3) is 5.74. The maximum absolute atomic E-state index is 12.5. The smallest absolute Gasteiger partial charge is 0.369 e. The van der Waals surface area contributed by atoms with Crippen molar-refractivity contribution in [3.8, 4) is 0 Å². The molecule has 158 valence electrons. The topological polar surface area (TPSA) is 57.7 Å². The van der Waals surface area contributed by atoms with Gasteiger partial charge in [0.15, 0.2) is 0 Å². The number of benzene rings is 1. The van der Waals surface area contributed by atoms with Crippen molar-refractivity contribution in [2.75, 3.05) is 37.3 Å². The molecule has 0 N–H and O–H groups in total. The van der Waals surface area contributed by atoms with E-state index in [2.05, 4.69) is 0 Å². The number of carbonyl (C=O) groups is 1. The van der Waals surface area contributed by atoms with Crippen LogP contribution in [0.4, 0.5) is 18.9 Å². The molecule has 1 aromatic carbocycles. The molecule has 0 spiro atoms.